The van der Waals surface area contributed by atoms with E-state index in [-0.39, 0.29) is 48.0 Å². The number of carbonyl (C=O) groups excluding carboxylic acids is 2. The summed E-state index contributed by atoms with van der Waals surface area (Å²) < 4.78 is 0. The van der Waals surface area contributed by atoms with Crippen LogP contribution >= 0.6 is 0 Å². The molecule has 5 heteroatoms. The minimum Gasteiger partial charge on any atom is -0.505 e. The molecule has 0 bridgehead atoms. The molecule has 19 heavy (non-hydrogen) atoms. The Morgan fingerprint density at radius 2 is 1.79 bits per heavy atom. The summed E-state index contributed by atoms with van der Waals surface area (Å²) in [7, 11) is 0. The molecule has 0 aromatic rings. The van der Waals surface area contributed by atoms with E-state index in [4.69, 9.17) is 0 Å². The molecule has 1 radical (unpaired) electrons. The van der Waals surface area contributed by atoms with E-state index in [0.717, 1.165) is 51.0 Å². The minimum atomic E-state index is 0. The summed E-state index contributed by atoms with van der Waals surface area (Å²) in [5.74, 6) is 0. The van der Waals surface area contributed by atoms with Crippen molar-refractivity contribution in [3.05, 3.63) is 20.9 Å². The van der Waals surface area contributed by atoms with Crippen LogP contribution in [0.2, 0.25) is 0 Å². The molecule has 109 valence electrons. The Labute approximate surface area is 133 Å². The zero-order valence-electron chi connectivity index (χ0n) is 12.6. The van der Waals surface area contributed by atoms with Gasteiger partial charge >= 0.3 is 21.7 Å². The summed E-state index contributed by atoms with van der Waals surface area (Å²) in [5.41, 5.74) is 0.226. The molecule has 0 heterocycles. The maximum absolute atomic E-state index is 10.5. The average molecular weight is 303 g/mol. The topological polar surface area (TPSA) is 58.2 Å². The molecular formula is C14H27N2O2Ti. The number of hydrogen-bond donors (Lipinski definition) is 2. The van der Waals surface area contributed by atoms with E-state index in [2.05, 4.69) is 24.5 Å². The van der Waals surface area contributed by atoms with Gasteiger partial charge in [-0.15, -0.1) is 6.42 Å². The molecule has 1 fully saturated rings. The Bertz CT molecular complexity index is 226. The van der Waals surface area contributed by atoms with E-state index in [1.165, 1.54) is 0 Å². The van der Waals surface area contributed by atoms with Crippen molar-refractivity contribution in [1.29, 1.82) is 0 Å². The minimum absolute atomic E-state index is 0. The SMILES string of the molecule is CCC1(CC)C[C-](NC=O)CC(NC=O)C1.[CH3-].[CH3-].[Ti+3]. The third kappa shape index (κ3) is 6.57. The fourth-order valence-electron chi connectivity index (χ4n) is 2.69. The van der Waals surface area contributed by atoms with E-state index in [1.807, 2.05) is 0 Å². The van der Waals surface area contributed by atoms with Crippen molar-refractivity contribution in [3.8, 4) is 0 Å². The van der Waals surface area contributed by atoms with Gasteiger partial charge in [0.2, 0.25) is 6.41 Å². The smallest absolute Gasteiger partial charge is 0.505 e. The molecule has 0 spiro atoms. The molecule has 1 aliphatic rings. The van der Waals surface area contributed by atoms with Gasteiger partial charge in [0, 0.05) is 6.04 Å². The number of carbonyl (C=O) groups is 2. The first kappa shape index (κ1) is 23.7. The van der Waals surface area contributed by atoms with Crippen LogP contribution in [0.1, 0.15) is 46.0 Å². The molecule has 2 amide bonds. The van der Waals surface area contributed by atoms with Gasteiger partial charge in [0.25, 0.3) is 0 Å². The van der Waals surface area contributed by atoms with Crippen LogP contribution in [0.5, 0.6) is 0 Å². The average Bonchev–Trinajstić information content (AvgIpc) is 2.29. The molecular weight excluding hydrogens is 276 g/mol. The number of amides is 2. The Kier molecular flexibility index (Phi) is 14.3. The van der Waals surface area contributed by atoms with Gasteiger partial charge in [-0.25, -0.2) is 6.04 Å². The quantitative estimate of drug-likeness (QED) is 0.449. The van der Waals surface area contributed by atoms with Crippen molar-refractivity contribution in [2.45, 2.75) is 52.0 Å². The predicted molar refractivity (Wildman–Crippen MR) is 75.1 cm³/mol. The summed E-state index contributed by atoms with van der Waals surface area (Å²) >= 11 is 0. The molecule has 2 N–H and O–H groups in total. The molecule has 4 nitrogen and oxygen atoms in total. The van der Waals surface area contributed by atoms with E-state index >= 15 is 0 Å². The first-order chi connectivity index (χ1) is 7.69. The number of hydrogen-bond acceptors (Lipinski definition) is 2. The van der Waals surface area contributed by atoms with Gasteiger partial charge in [0.15, 0.2) is 6.41 Å². The van der Waals surface area contributed by atoms with Gasteiger partial charge < -0.3 is 25.5 Å². The fourth-order valence-corrected chi connectivity index (χ4v) is 2.69. The van der Waals surface area contributed by atoms with Gasteiger partial charge in [-0.1, -0.05) is 32.1 Å². The van der Waals surface area contributed by atoms with Crippen molar-refractivity contribution in [2.24, 2.45) is 5.41 Å². The van der Waals surface area contributed by atoms with Crippen LogP contribution in [-0.4, -0.2) is 18.9 Å². The summed E-state index contributed by atoms with van der Waals surface area (Å²) in [5, 5.41) is 5.62. The zero-order chi connectivity index (χ0) is 12.0. The van der Waals surface area contributed by atoms with Crippen molar-refractivity contribution < 1.29 is 31.3 Å². The second kappa shape index (κ2) is 11.5. The monoisotopic (exact) mass is 303 g/mol. The maximum Gasteiger partial charge on any atom is 3.00 e. The van der Waals surface area contributed by atoms with Gasteiger partial charge in [-0.3, -0.25) is 9.59 Å². The van der Waals surface area contributed by atoms with Gasteiger partial charge in [-0.05, 0) is 6.42 Å². The van der Waals surface area contributed by atoms with Gasteiger partial charge in [0.1, 0.15) is 0 Å². The third-order valence-electron chi connectivity index (χ3n) is 3.83. The third-order valence-corrected chi connectivity index (χ3v) is 3.83. The molecule has 0 saturated heterocycles. The van der Waals surface area contributed by atoms with Crippen LogP contribution in [0.4, 0.5) is 0 Å². The second-order valence-corrected chi connectivity index (χ2v) is 4.64. The fraction of sp³-hybridized carbons (Fsp3) is 0.643. The summed E-state index contributed by atoms with van der Waals surface area (Å²) in [6, 6.07) is 1.21. The molecule has 1 atom stereocenters. The normalized spacial score (nSPS) is 20.8. The summed E-state index contributed by atoms with van der Waals surface area (Å²) in [4.78, 5) is 21.0. The van der Waals surface area contributed by atoms with Crippen molar-refractivity contribution in [1.82, 2.24) is 10.6 Å². The molecule has 0 aliphatic heterocycles. The molecule has 1 unspecified atom stereocenters. The number of nitrogens with one attached hydrogen (secondary N) is 2. The molecule has 1 aliphatic carbocycles. The standard InChI is InChI=1S/C12H21N2O2.2CH3.Ti/c1-3-12(4-2)6-10(13-8-15)5-11(7-12)14-9-16;;;/h8-10H,3-7H2,1-2H3,(H,13,15)(H,14,16);2*1H3;/q3*-1;+3. The Balaban J connectivity index is -0.000000853. The summed E-state index contributed by atoms with van der Waals surface area (Å²) in [6.07, 6.45) is 6.34. The van der Waals surface area contributed by atoms with E-state index in [0.29, 0.717) is 0 Å². The predicted octanol–water partition coefficient (Wildman–Crippen LogP) is 2.27. The molecule has 0 aromatic carbocycles. The Morgan fingerprint density at radius 1 is 1.21 bits per heavy atom. The zero-order valence-corrected chi connectivity index (χ0v) is 14.1. The van der Waals surface area contributed by atoms with Gasteiger partial charge in [-0.2, -0.15) is 6.42 Å². The molecule has 1 rings (SSSR count). The van der Waals surface area contributed by atoms with Crippen LogP contribution in [0.15, 0.2) is 0 Å². The van der Waals surface area contributed by atoms with E-state index < -0.39 is 0 Å². The molecule has 0 aromatic heterocycles. The van der Waals surface area contributed by atoms with Crippen LogP contribution in [0.3, 0.4) is 0 Å². The largest absolute Gasteiger partial charge is 3.00 e. The van der Waals surface area contributed by atoms with Crippen LogP contribution in [0.25, 0.3) is 0 Å². The van der Waals surface area contributed by atoms with E-state index in [9.17, 15) is 9.59 Å². The van der Waals surface area contributed by atoms with E-state index in [1.54, 1.807) is 0 Å². The molecule has 1 saturated carbocycles. The van der Waals surface area contributed by atoms with Crippen LogP contribution < -0.4 is 10.6 Å². The van der Waals surface area contributed by atoms with Crippen molar-refractivity contribution in [3.63, 3.8) is 0 Å². The van der Waals surface area contributed by atoms with Crippen molar-refractivity contribution in [2.75, 3.05) is 0 Å². The Morgan fingerprint density at radius 3 is 2.21 bits per heavy atom. The van der Waals surface area contributed by atoms with Gasteiger partial charge in [0.05, 0.1) is 0 Å². The first-order valence-electron chi connectivity index (χ1n) is 5.94. The van der Waals surface area contributed by atoms with Crippen LogP contribution in [0, 0.1) is 26.3 Å². The number of rotatable bonds is 6. The van der Waals surface area contributed by atoms with Crippen molar-refractivity contribution >= 4 is 12.8 Å². The maximum atomic E-state index is 10.5. The first-order valence-corrected chi connectivity index (χ1v) is 5.94. The second-order valence-electron chi connectivity index (χ2n) is 4.64. The summed E-state index contributed by atoms with van der Waals surface area (Å²) in [6.45, 7) is 4.34. The van der Waals surface area contributed by atoms with Crippen LogP contribution in [-0.2, 0) is 31.3 Å². The Hall–Kier alpha value is -0.346.